The van der Waals surface area contributed by atoms with Gasteiger partial charge in [0, 0.05) is 16.3 Å². The van der Waals surface area contributed by atoms with Gasteiger partial charge in [0.25, 0.3) is 5.91 Å². The molecule has 1 amide bonds. The normalized spacial score (nSPS) is 10.5. The fourth-order valence-electron chi connectivity index (χ4n) is 2.16. The Balaban J connectivity index is 1.89. The molecule has 1 N–H and O–H groups in total. The fraction of sp³-hybridized carbons (Fsp3) is 0.0588. The fourth-order valence-corrected chi connectivity index (χ4v) is 3.09. The van der Waals surface area contributed by atoms with Crippen LogP contribution in [0.1, 0.15) is 15.2 Å². The molecule has 3 aromatic rings. The number of carbonyl (C=O) groups is 1. The molecular weight excluding hydrogens is 316 g/mol. The quantitative estimate of drug-likeness (QED) is 0.733. The zero-order chi connectivity index (χ0) is 15.5. The van der Waals surface area contributed by atoms with E-state index in [1.165, 1.54) is 11.3 Å². The van der Waals surface area contributed by atoms with Crippen LogP contribution in [0.15, 0.2) is 54.0 Å². The van der Waals surface area contributed by atoms with Gasteiger partial charge in [-0.05, 0) is 30.7 Å². The van der Waals surface area contributed by atoms with E-state index >= 15 is 0 Å². The third kappa shape index (κ3) is 3.03. The number of hydrogen-bond acceptors (Lipinski definition) is 3. The Hall–Kier alpha value is -2.17. The summed E-state index contributed by atoms with van der Waals surface area (Å²) in [5, 5.41) is 3.57. The van der Waals surface area contributed by atoms with E-state index in [4.69, 9.17) is 11.6 Å². The molecule has 22 heavy (non-hydrogen) atoms. The Kier molecular flexibility index (Phi) is 4.22. The molecule has 0 aliphatic carbocycles. The molecule has 2 aromatic carbocycles. The van der Waals surface area contributed by atoms with Gasteiger partial charge >= 0.3 is 0 Å². The van der Waals surface area contributed by atoms with E-state index in [1.54, 1.807) is 17.6 Å². The summed E-state index contributed by atoms with van der Waals surface area (Å²) in [6.45, 7) is 1.91. The van der Waals surface area contributed by atoms with E-state index in [9.17, 15) is 4.79 Å². The third-order valence-electron chi connectivity index (χ3n) is 3.26. The lowest BCUT2D eigenvalue weighted by molar-refractivity contribution is 0.103. The van der Waals surface area contributed by atoms with Crippen molar-refractivity contribution in [1.29, 1.82) is 0 Å². The smallest absolute Gasteiger partial charge is 0.268 e. The number of halogens is 1. The first-order chi connectivity index (χ1) is 10.6. The predicted molar refractivity (Wildman–Crippen MR) is 91.7 cm³/mol. The van der Waals surface area contributed by atoms with Gasteiger partial charge in [-0.3, -0.25) is 4.79 Å². The predicted octanol–water partition coefficient (Wildman–Crippen LogP) is 5.02. The molecule has 0 spiro atoms. The van der Waals surface area contributed by atoms with Crippen molar-refractivity contribution in [2.45, 2.75) is 6.92 Å². The summed E-state index contributed by atoms with van der Waals surface area (Å²) < 4.78 is 0. The van der Waals surface area contributed by atoms with E-state index < -0.39 is 0 Å². The van der Waals surface area contributed by atoms with Gasteiger partial charge in [-0.15, -0.1) is 11.3 Å². The number of nitrogens with zero attached hydrogens (tertiary/aromatic N) is 1. The second-order valence-corrected chi connectivity index (χ2v) is 6.10. The van der Waals surface area contributed by atoms with Crippen molar-refractivity contribution in [2.75, 3.05) is 5.32 Å². The van der Waals surface area contributed by atoms with Crippen molar-refractivity contribution >= 4 is 34.5 Å². The summed E-state index contributed by atoms with van der Waals surface area (Å²) >= 11 is 7.27. The molecular formula is C17H13ClN2OS. The van der Waals surface area contributed by atoms with Crippen molar-refractivity contribution in [3.63, 3.8) is 0 Å². The summed E-state index contributed by atoms with van der Waals surface area (Å²) in [4.78, 5) is 17.5. The highest BCUT2D eigenvalue weighted by atomic mass is 35.5. The molecule has 5 heteroatoms. The van der Waals surface area contributed by atoms with Gasteiger partial charge in [-0.2, -0.15) is 0 Å². The number of aromatic nitrogens is 1. The summed E-state index contributed by atoms with van der Waals surface area (Å²) in [6, 6.07) is 15.1. The first-order valence-corrected chi connectivity index (χ1v) is 7.97. The van der Waals surface area contributed by atoms with Crippen LogP contribution in [0.3, 0.4) is 0 Å². The monoisotopic (exact) mass is 328 g/mol. The number of hydrogen-bond donors (Lipinski definition) is 1. The Morgan fingerprint density at radius 3 is 2.68 bits per heavy atom. The topological polar surface area (TPSA) is 42.0 Å². The van der Waals surface area contributed by atoms with Gasteiger partial charge < -0.3 is 5.32 Å². The molecule has 1 heterocycles. The second kappa shape index (κ2) is 6.30. The standard InChI is InChI=1S/C17H13ClN2OS/c1-11-9-13(18)7-8-14(11)20-17(21)16-15(19-10-22-16)12-5-3-2-4-6-12/h2-10H,1H3,(H,20,21). The van der Waals surface area contributed by atoms with E-state index in [-0.39, 0.29) is 5.91 Å². The average molecular weight is 329 g/mol. The number of carbonyl (C=O) groups excluding carboxylic acids is 1. The van der Waals surface area contributed by atoms with Crippen LogP contribution in [0.5, 0.6) is 0 Å². The van der Waals surface area contributed by atoms with Crippen molar-refractivity contribution < 1.29 is 4.79 Å². The Morgan fingerprint density at radius 2 is 1.95 bits per heavy atom. The van der Waals surface area contributed by atoms with Crippen LogP contribution >= 0.6 is 22.9 Å². The Bertz CT molecular complexity index is 815. The average Bonchev–Trinajstić information content (AvgIpc) is 3.00. The number of aryl methyl sites for hydroxylation is 1. The van der Waals surface area contributed by atoms with E-state index in [1.807, 2.05) is 43.3 Å². The molecule has 0 saturated carbocycles. The zero-order valence-electron chi connectivity index (χ0n) is 11.8. The summed E-state index contributed by atoms with van der Waals surface area (Å²) in [7, 11) is 0. The highest BCUT2D eigenvalue weighted by molar-refractivity contribution is 7.12. The highest BCUT2D eigenvalue weighted by Crippen LogP contribution is 2.27. The number of nitrogens with one attached hydrogen (secondary N) is 1. The largest absolute Gasteiger partial charge is 0.321 e. The lowest BCUT2D eigenvalue weighted by Gasteiger charge is -2.08. The molecule has 0 fully saturated rings. The number of benzene rings is 2. The number of thiazole rings is 1. The van der Waals surface area contributed by atoms with Crippen LogP contribution in [-0.4, -0.2) is 10.9 Å². The van der Waals surface area contributed by atoms with Gasteiger partial charge in [0.1, 0.15) is 4.88 Å². The van der Waals surface area contributed by atoms with Crippen molar-refractivity contribution in [3.05, 3.63) is 69.5 Å². The number of rotatable bonds is 3. The maximum absolute atomic E-state index is 12.5. The molecule has 3 rings (SSSR count). The van der Waals surface area contributed by atoms with Gasteiger partial charge in [0.05, 0.1) is 11.2 Å². The van der Waals surface area contributed by atoms with Crippen LogP contribution in [0.25, 0.3) is 11.3 Å². The first-order valence-electron chi connectivity index (χ1n) is 6.71. The van der Waals surface area contributed by atoms with Crippen LogP contribution in [0.4, 0.5) is 5.69 Å². The molecule has 0 radical (unpaired) electrons. The minimum Gasteiger partial charge on any atom is -0.321 e. The summed E-state index contributed by atoms with van der Waals surface area (Å²) in [5.41, 5.74) is 5.00. The zero-order valence-corrected chi connectivity index (χ0v) is 13.4. The van der Waals surface area contributed by atoms with Gasteiger partial charge in [-0.1, -0.05) is 41.9 Å². The minimum absolute atomic E-state index is 0.160. The van der Waals surface area contributed by atoms with E-state index in [0.717, 1.165) is 16.8 Å². The maximum atomic E-state index is 12.5. The SMILES string of the molecule is Cc1cc(Cl)ccc1NC(=O)c1scnc1-c1ccccc1. The van der Waals surface area contributed by atoms with E-state index in [2.05, 4.69) is 10.3 Å². The Labute approximate surface area is 137 Å². The molecule has 3 nitrogen and oxygen atoms in total. The minimum atomic E-state index is -0.160. The maximum Gasteiger partial charge on any atom is 0.268 e. The van der Waals surface area contributed by atoms with Crippen molar-refractivity contribution in [2.24, 2.45) is 0 Å². The molecule has 110 valence electrons. The van der Waals surface area contributed by atoms with Crippen LogP contribution < -0.4 is 5.32 Å². The highest BCUT2D eigenvalue weighted by Gasteiger charge is 2.16. The van der Waals surface area contributed by atoms with Gasteiger partial charge in [0.15, 0.2) is 0 Å². The first kappa shape index (κ1) is 14.8. The van der Waals surface area contributed by atoms with Crippen molar-refractivity contribution in [3.8, 4) is 11.3 Å². The third-order valence-corrected chi connectivity index (χ3v) is 4.32. The molecule has 1 aromatic heterocycles. The molecule has 0 bridgehead atoms. The summed E-state index contributed by atoms with van der Waals surface area (Å²) in [6.07, 6.45) is 0. The number of anilines is 1. The summed E-state index contributed by atoms with van der Waals surface area (Å²) in [5.74, 6) is -0.160. The number of amides is 1. The van der Waals surface area contributed by atoms with Crippen molar-refractivity contribution in [1.82, 2.24) is 4.98 Å². The molecule has 0 unspecified atom stereocenters. The van der Waals surface area contributed by atoms with Crippen LogP contribution in [-0.2, 0) is 0 Å². The molecule has 0 saturated heterocycles. The van der Waals surface area contributed by atoms with Gasteiger partial charge in [0.2, 0.25) is 0 Å². The lowest BCUT2D eigenvalue weighted by Crippen LogP contribution is -2.12. The second-order valence-electron chi connectivity index (χ2n) is 4.81. The van der Waals surface area contributed by atoms with Crippen LogP contribution in [0.2, 0.25) is 5.02 Å². The molecule has 0 atom stereocenters. The van der Waals surface area contributed by atoms with Gasteiger partial charge in [-0.25, -0.2) is 4.98 Å². The lowest BCUT2D eigenvalue weighted by atomic mass is 10.1. The Morgan fingerprint density at radius 1 is 1.18 bits per heavy atom. The van der Waals surface area contributed by atoms with E-state index in [0.29, 0.717) is 15.6 Å². The molecule has 0 aliphatic rings. The van der Waals surface area contributed by atoms with Crippen LogP contribution in [0, 0.1) is 6.92 Å². The molecule has 0 aliphatic heterocycles.